The number of para-hydroxylation sites is 1. The molecule has 0 N–H and O–H groups in total. The van der Waals surface area contributed by atoms with Gasteiger partial charge in [-0.2, -0.15) is 0 Å². The molecule has 0 fully saturated rings. The summed E-state index contributed by atoms with van der Waals surface area (Å²) in [4.78, 5) is 13.9. The van der Waals surface area contributed by atoms with Crippen LogP contribution in [0, 0.1) is 6.92 Å². The summed E-state index contributed by atoms with van der Waals surface area (Å²) in [5.74, 6) is 1.00. The van der Waals surface area contributed by atoms with Gasteiger partial charge in [0.05, 0.1) is 6.61 Å². The van der Waals surface area contributed by atoms with E-state index in [9.17, 15) is 4.79 Å². The third-order valence-corrected chi connectivity index (χ3v) is 3.51. The Balaban J connectivity index is 1.69. The summed E-state index contributed by atoms with van der Waals surface area (Å²) >= 11 is 0. The van der Waals surface area contributed by atoms with Crippen LogP contribution in [-0.2, 0) is 11.3 Å². The van der Waals surface area contributed by atoms with E-state index in [0.29, 0.717) is 19.6 Å². The molecular weight excluding hydrogens is 274 g/mol. The lowest BCUT2D eigenvalue weighted by atomic mass is 10.1. The zero-order chi connectivity index (χ0) is 15.8. The molecule has 2 aromatic carbocycles. The molecule has 0 aliphatic rings. The Hall–Kier alpha value is -2.29. The van der Waals surface area contributed by atoms with Crippen molar-refractivity contribution in [1.82, 2.24) is 4.90 Å². The normalized spacial score (nSPS) is 10.3. The van der Waals surface area contributed by atoms with Crippen molar-refractivity contribution in [2.24, 2.45) is 0 Å². The van der Waals surface area contributed by atoms with E-state index < -0.39 is 0 Å². The van der Waals surface area contributed by atoms with Crippen LogP contribution in [0.1, 0.15) is 24.0 Å². The van der Waals surface area contributed by atoms with Crippen molar-refractivity contribution >= 4 is 5.91 Å². The van der Waals surface area contributed by atoms with Gasteiger partial charge in [0.15, 0.2) is 0 Å². The molecule has 1 amide bonds. The second kappa shape index (κ2) is 8.23. The Bertz CT molecular complexity index is 578. The first-order chi connectivity index (χ1) is 10.6. The lowest BCUT2D eigenvalue weighted by Gasteiger charge is -2.17. The zero-order valence-corrected chi connectivity index (χ0v) is 13.3. The number of amides is 1. The summed E-state index contributed by atoms with van der Waals surface area (Å²) in [5.41, 5.74) is 2.39. The molecular formula is C19H23NO2. The number of carbonyl (C=O) groups excluding carboxylic acids is 1. The monoisotopic (exact) mass is 297 g/mol. The number of ether oxygens (including phenoxy) is 1. The minimum Gasteiger partial charge on any atom is -0.494 e. The lowest BCUT2D eigenvalue weighted by molar-refractivity contribution is -0.130. The Morgan fingerprint density at radius 2 is 1.73 bits per heavy atom. The Morgan fingerprint density at radius 3 is 2.41 bits per heavy atom. The van der Waals surface area contributed by atoms with Crippen LogP contribution in [0.2, 0.25) is 0 Å². The van der Waals surface area contributed by atoms with Crippen molar-refractivity contribution in [1.29, 1.82) is 0 Å². The second-order valence-corrected chi connectivity index (χ2v) is 5.50. The molecule has 0 atom stereocenters. The first-order valence-corrected chi connectivity index (χ1v) is 7.62. The highest BCUT2D eigenvalue weighted by molar-refractivity contribution is 5.75. The number of hydrogen-bond donors (Lipinski definition) is 0. The molecule has 0 spiro atoms. The topological polar surface area (TPSA) is 29.5 Å². The standard InChI is InChI=1S/C19H23NO2/c1-16-10-12-17(13-11-16)15-20(2)19(21)9-6-14-22-18-7-4-3-5-8-18/h3-5,7-8,10-13H,6,9,14-15H2,1-2H3. The molecule has 0 unspecified atom stereocenters. The molecule has 3 heteroatoms. The van der Waals surface area contributed by atoms with E-state index in [0.717, 1.165) is 17.7 Å². The highest BCUT2D eigenvalue weighted by Crippen LogP contribution is 2.10. The maximum Gasteiger partial charge on any atom is 0.222 e. The summed E-state index contributed by atoms with van der Waals surface area (Å²) in [6.07, 6.45) is 1.24. The molecule has 116 valence electrons. The molecule has 0 radical (unpaired) electrons. The number of rotatable bonds is 7. The van der Waals surface area contributed by atoms with Gasteiger partial charge < -0.3 is 9.64 Å². The van der Waals surface area contributed by atoms with Crippen LogP contribution in [-0.4, -0.2) is 24.5 Å². The fourth-order valence-corrected chi connectivity index (χ4v) is 2.18. The van der Waals surface area contributed by atoms with Crippen LogP contribution in [0.15, 0.2) is 54.6 Å². The first kappa shape index (κ1) is 16.1. The lowest BCUT2D eigenvalue weighted by Crippen LogP contribution is -2.26. The van der Waals surface area contributed by atoms with Gasteiger partial charge in [-0.1, -0.05) is 48.0 Å². The summed E-state index contributed by atoms with van der Waals surface area (Å²) in [5, 5.41) is 0. The summed E-state index contributed by atoms with van der Waals surface area (Å²) in [7, 11) is 1.85. The predicted octanol–water partition coefficient (Wildman–Crippen LogP) is 3.81. The third-order valence-electron chi connectivity index (χ3n) is 3.51. The maximum atomic E-state index is 12.1. The van der Waals surface area contributed by atoms with E-state index in [-0.39, 0.29) is 5.91 Å². The van der Waals surface area contributed by atoms with E-state index >= 15 is 0 Å². The average Bonchev–Trinajstić information content (AvgIpc) is 2.54. The molecule has 2 rings (SSSR count). The molecule has 0 aliphatic carbocycles. The van der Waals surface area contributed by atoms with Crippen molar-refractivity contribution in [3.63, 3.8) is 0 Å². The number of carbonyl (C=O) groups is 1. The van der Waals surface area contributed by atoms with Gasteiger partial charge in [-0.25, -0.2) is 0 Å². The van der Waals surface area contributed by atoms with Crippen molar-refractivity contribution in [2.75, 3.05) is 13.7 Å². The first-order valence-electron chi connectivity index (χ1n) is 7.62. The molecule has 3 nitrogen and oxygen atoms in total. The smallest absolute Gasteiger partial charge is 0.222 e. The van der Waals surface area contributed by atoms with Crippen molar-refractivity contribution in [3.8, 4) is 5.75 Å². The van der Waals surface area contributed by atoms with Gasteiger partial charge in [-0.05, 0) is 31.0 Å². The SMILES string of the molecule is Cc1ccc(CN(C)C(=O)CCCOc2ccccc2)cc1. The van der Waals surface area contributed by atoms with E-state index in [2.05, 4.69) is 31.2 Å². The van der Waals surface area contributed by atoms with Crippen LogP contribution in [0.3, 0.4) is 0 Å². The molecule has 22 heavy (non-hydrogen) atoms. The molecule has 0 aliphatic heterocycles. The van der Waals surface area contributed by atoms with Crippen LogP contribution in [0.4, 0.5) is 0 Å². The summed E-state index contributed by atoms with van der Waals surface area (Å²) in [6, 6.07) is 18.0. The van der Waals surface area contributed by atoms with Gasteiger partial charge in [-0.15, -0.1) is 0 Å². The number of benzene rings is 2. The minimum absolute atomic E-state index is 0.150. The van der Waals surface area contributed by atoms with Gasteiger partial charge in [-0.3, -0.25) is 4.79 Å². The van der Waals surface area contributed by atoms with E-state index in [1.54, 1.807) is 4.90 Å². The van der Waals surface area contributed by atoms with Crippen LogP contribution in [0.25, 0.3) is 0 Å². The molecule has 0 saturated heterocycles. The van der Waals surface area contributed by atoms with Crippen molar-refractivity contribution in [3.05, 3.63) is 65.7 Å². The molecule has 2 aromatic rings. The molecule has 0 saturated carbocycles. The van der Waals surface area contributed by atoms with E-state index in [4.69, 9.17) is 4.74 Å². The molecule has 0 aromatic heterocycles. The highest BCUT2D eigenvalue weighted by atomic mass is 16.5. The fourth-order valence-electron chi connectivity index (χ4n) is 2.18. The predicted molar refractivity (Wildman–Crippen MR) is 88.8 cm³/mol. The number of nitrogens with zero attached hydrogens (tertiary/aromatic N) is 1. The van der Waals surface area contributed by atoms with Crippen molar-refractivity contribution < 1.29 is 9.53 Å². The average molecular weight is 297 g/mol. The Kier molecular flexibility index (Phi) is 6.01. The maximum absolute atomic E-state index is 12.1. The fraction of sp³-hybridized carbons (Fsp3) is 0.316. The van der Waals surface area contributed by atoms with E-state index in [1.807, 2.05) is 37.4 Å². The largest absolute Gasteiger partial charge is 0.494 e. The van der Waals surface area contributed by atoms with Gasteiger partial charge in [0.25, 0.3) is 0 Å². The zero-order valence-electron chi connectivity index (χ0n) is 13.3. The van der Waals surface area contributed by atoms with Gasteiger partial charge in [0.2, 0.25) is 5.91 Å². The Morgan fingerprint density at radius 1 is 1.05 bits per heavy atom. The van der Waals surface area contributed by atoms with Gasteiger partial charge in [0, 0.05) is 20.0 Å². The van der Waals surface area contributed by atoms with E-state index in [1.165, 1.54) is 5.56 Å². The summed E-state index contributed by atoms with van der Waals surface area (Å²) in [6.45, 7) is 3.28. The van der Waals surface area contributed by atoms with Crippen LogP contribution < -0.4 is 4.74 Å². The molecule has 0 heterocycles. The third kappa shape index (κ3) is 5.24. The summed E-state index contributed by atoms with van der Waals surface area (Å²) < 4.78 is 5.60. The number of aryl methyl sites for hydroxylation is 1. The van der Waals surface area contributed by atoms with Gasteiger partial charge >= 0.3 is 0 Å². The second-order valence-electron chi connectivity index (χ2n) is 5.50. The van der Waals surface area contributed by atoms with Crippen LogP contribution >= 0.6 is 0 Å². The van der Waals surface area contributed by atoms with Crippen molar-refractivity contribution in [2.45, 2.75) is 26.3 Å². The minimum atomic E-state index is 0.150. The number of hydrogen-bond acceptors (Lipinski definition) is 2. The quantitative estimate of drug-likeness (QED) is 0.727. The van der Waals surface area contributed by atoms with Gasteiger partial charge in [0.1, 0.15) is 5.75 Å². The molecule has 0 bridgehead atoms. The van der Waals surface area contributed by atoms with Crippen LogP contribution in [0.5, 0.6) is 5.75 Å². The highest BCUT2D eigenvalue weighted by Gasteiger charge is 2.09. The Labute approximate surface area is 132 Å².